The van der Waals surface area contributed by atoms with Gasteiger partial charge in [0.25, 0.3) is 0 Å². The van der Waals surface area contributed by atoms with Crippen LogP contribution in [-0.4, -0.2) is 29.2 Å². The number of hydrogen-bond acceptors (Lipinski definition) is 5. The van der Waals surface area contributed by atoms with Crippen LogP contribution in [0.15, 0.2) is 72.8 Å². The van der Waals surface area contributed by atoms with Gasteiger partial charge in [-0.3, -0.25) is 0 Å². The van der Waals surface area contributed by atoms with Gasteiger partial charge in [-0.2, -0.15) is 5.26 Å². The molecule has 0 aliphatic heterocycles. The molecule has 0 saturated heterocycles. The maximum Gasteiger partial charge on any atom is 0.338 e. The summed E-state index contributed by atoms with van der Waals surface area (Å²) < 4.78 is 5.49. The average Bonchev–Trinajstić information content (AvgIpc) is 3.11. The molecule has 3 N–H and O–H groups in total. The number of nitrogens with two attached hydrogens (primary N) is 1. The molecule has 1 atom stereocenters. The second kappa shape index (κ2) is 8.05. The third-order valence-electron chi connectivity index (χ3n) is 5.63. The van der Waals surface area contributed by atoms with Crippen LogP contribution in [-0.2, 0) is 20.7 Å². The number of nitrogens with zero attached hydrogens (tertiary/aromatic N) is 1. The van der Waals surface area contributed by atoms with E-state index in [-0.39, 0.29) is 18.9 Å². The van der Waals surface area contributed by atoms with Gasteiger partial charge in [-0.15, -0.1) is 0 Å². The van der Waals surface area contributed by atoms with Crippen LogP contribution in [0.25, 0.3) is 11.1 Å². The predicted molar refractivity (Wildman–Crippen MR) is 114 cm³/mol. The number of carbonyl (C=O) groups is 2. The highest BCUT2D eigenvalue weighted by atomic mass is 16.5. The maximum absolute atomic E-state index is 12.9. The lowest BCUT2D eigenvalue weighted by Crippen LogP contribution is -2.57. The van der Waals surface area contributed by atoms with Crippen LogP contribution in [0.2, 0.25) is 0 Å². The van der Waals surface area contributed by atoms with Gasteiger partial charge in [-0.05, 0) is 39.9 Å². The minimum atomic E-state index is -2.26. The minimum absolute atomic E-state index is 0.0165. The van der Waals surface area contributed by atoms with E-state index in [2.05, 4.69) is 0 Å². The molecule has 0 spiro atoms. The smallest absolute Gasteiger partial charge is 0.338 e. The van der Waals surface area contributed by atoms with Crippen molar-refractivity contribution in [3.05, 3.63) is 95.1 Å². The number of carbonyl (C=O) groups excluding carboxylic acids is 1. The van der Waals surface area contributed by atoms with Crippen LogP contribution in [0.4, 0.5) is 0 Å². The zero-order chi connectivity index (χ0) is 22.0. The summed E-state index contributed by atoms with van der Waals surface area (Å²) in [6.07, 6.45) is -0.283. The maximum atomic E-state index is 12.9. The largest absolute Gasteiger partial charge is 0.479 e. The molecular weight excluding hydrogens is 392 g/mol. The van der Waals surface area contributed by atoms with E-state index in [4.69, 9.17) is 15.7 Å². The molecule has 31 heavy (non-hydrogen) atoms. The number of aliphatic carboxylic acids is 1. The molecule has 0 radical (unpaired) electrons. The predicted octanol–water partition coefficient (Wildman–Crippen LogP) is 3.24. The highest BCUT2D eigenvalue weighted by molar-refractivity contribution is 6.04. The Kier molecular flexibility index (Phi) is 5.28. The van der Waals surface area contributed by atoms with E-state index in [9.17, 15) is 14.7 Å². The number of hydrogen-bond donors (Lipinski definition) is 2. The first-order valence-corrected chi connectivity index (χ1v) is 9.81. The summed E-state index contributed by atoms with van der Waals surface area (Å²) >= 11 is 0. The van der Waals surface area contributed by atoms with Crippen LogP contribution in [0.3, 0.4) is 0 Å². The summed E-state index contributed by atoms with van der Waals surface area (Å²) in [5, 5.41) is 18.8. The summed E-state index contributed by atoms with van der Waals surface area (Å²) in [6.45, 7) is -0.0165. The van der Waals surface area contributed by atoms with Crippen molar-refractivity contribution in [2.24, 2.45) is 5.73 Å². The third kappa shape index (κ3) is 3.67. The van der Waals surface area contributed by atoms with E-state index in [1.54, 1.807) is 18.2 Å². The van der Waals surface area contributed by atoms with Crippen LogP contribution in [0.5, 0.6) is 0 Å². The zero-order valence-corrected chi connectivity index (χ0v) is 16.6. The van der Waals surface area contributed by atoms with Crippen molar-refractivity contribution in [2.75, 3.05) is 6.61 Å². The van der Waals surface area contributed by atoms with Gasteiger partial charge in [-0.1, -0.05) is 60.7 Å². The molecule has 3 aromatic carbocycles. The Bertz CT molecular complexity index is 1170. The second-order valence-electron chi connectivity index (χ2n) is 7.59. The van der Waals surface area contributed by atoms with Crippen molar-refractivity contribution in [3.63, 3.8) is 0 Å². The summed E-state index contributed by atoms with van der Waals surface area (Å²) in [7, 11) is 0. The van der Waals surface area contributed by atoms with Gasteiger partial charge in [0.1, 0.15) is 6.61 Å². The molecule has 0 aromatic heterocycles. The third-order valence-corrected chi connectivity index (χ3v) is 5.63. The van der Waals surface area contributed by atoms with Gasteiger partial charge < -0.3 is 15.6 Å². The number of carboxylic acids is 1. The number of benzene rings is 3. The van der Waals surface area contributed by atoms with Gasteiger partial charge in [-0.25, -0.2) is 9.59 Å². The minimum Gasteiger partial charge on any atom is -0.479 e. The SMILES string of the molecule is N#Cc1cccc(C[C@](N)(C(=O)O)C(=O)OCC2c3ccccc3-c3ccccc32)c1. The average molecular weight is 412 g/mol. The monoisotopic (exact) mass is 412 g/mol. The molecular formula is C25H20N2O4. The Morgan fingerprint density at radius 1 is 1.00 bits per heavy atom. The molecule has 4 rings (SSSR count). The molecule has 0 saturated carbocycles. The molecule has 0 fully saturated rings. The molecule has 3 aromatic rings. The fraction of sp³-hybridized carbons (Fsp3) is 0.160. The molecule has 0 bridgehead atoms. The molecule has 6 nitrogen and oxygen atoms in total. The van der Waals surface area contributed by atoms with Crippen LogP contribution in [0.1, 0.15) is 28.2 Å². The number of ether oxygens (including phenoxy) is 1. The Morgan fingerprint density at radius 3 is 2.19 bits per heavy atom. The van der Waals surface area contributed by atoms with Crippen molar-refractivity contribution < 1.29 is 19.4 Å². The van der Waals surface area contributed by atoms with Crippen molar-refractivity contribution in [1.29, 1.82) is 5.26 Å². The van der Waals surface area contributed by atoms with Crippen LogP contribution >= 0.6 is 0 Å². The summed E-state index contributed by atoms with van der Waals surface area (Å²) in [5.74, 6) is -2.69. The van der Waals surface area contributed by atoms with E-state index in [0.29, 0.717) is 11.1 Å². The summed E-state index contributed by atoms with van der Waals surface area (Å²) in [4.78, 5) is 24.8. The fourth-order valence-electron chi connectivity index (χ4n) is 4.04. The van der Waals surface area contributed by atoms with Crippen molar-refractivity contribution in [3.8, 4) is 17.2 Å². The topological polar surface area (TPSA) is 113 Å². The molecule has 0 heterocycles. The number of nitriles is 1. The molecule has 1 aliphatic carbocycles. The summed E-state index contributed by atoms with van der Waals surface area (Å²) in [6, 6.07) is 24.1. The molecule has 0 amide bonds. The van der Waals surface area contributed by atoms with E-state index < -0.39 is 17.5 Å². The quantitative estimate of drug-likeness (QED) is 0.475. The molecule has 154 valence electrons. The second-order valence-corrected chi connectivity index (χ2v) is 7.59. The number of esters is 1. The Labute approximate surface area is 179 Å². The van der Waals surface area contributed by atoms with Crippen molar-refractivity contribution >= 4 is 11.9 Å². The Morgan fingerprint density at radius 2 is 1.61 bits per heavy atom. The van der Waals surface area contributed by atoms with Crippen molar-refractivity contribution in [1.82, 2.24) is 0 Å². The molecule has 0 unspecified atom stereocenters. The van der Waals surface area contributed by atoms with Gasteiger partial charge in [0.15, 0.2) is 0 Å². The summed E-state index contributed by atoms with van der Waals surface area (Å²) in [5.41, 5.74) is 8.79. The normalized spacial score (nSPS) is 14.1. The van der Waals surface area contributed by atoms with Crippen molar-refractivity contribution in [2.45, 2.75) is 17.9 Å². The number of fused-ring (bicyclic) bond motifs is 3. The van der Waals surface area contributed by atoms with E-state index in [1.165, 1.54) is 6.07 Å². The number of carboxylic acid groups (broad SMARTS) is 1. The van der Waals surface area contributed by atoms with Gasteiger partial charge >= 0.3 is 11.9 Å². The molecule has 6 heteroatoms. The van der Waals surface area contributed by atoms with E-state index >= 15 is 0 Å². The fourth-order valence-corrected chi connectivity index (χ4v) is 4.04. The van der Waals surface area contributed by atoms with Gasteiger partial charge in [0.05, 0.1) is 11.6 Å². The van der Waals surface area contributed by atoms with Gasteiger partial charge in [0, 0.05) is 12.3 Å². The lowest BCUT2D eigenvalue weighted by molar-refractivity contribution is -0.161. The van der Waals surface area contributed by atoms with E-state index in [0.717, 1.165) is 22.3 Å². The molecule has 1 aliphatic rings. The van der Waals surface area contributed by atoms with Crippen LogP contribution in [0, 0.1) is 11.3 Å². The standard InChI is InChI=1S/C25H20N2O4/c26-14-17-7-5-6-16(12-17)13-25(27,23(28)29)24(30)31-15-22-20-10-3-1-8-18(20)19-9-2-4-11-21(19)22/h1-12,22H,13,15,27H2,(H,28,29)/t25-/m0/s1. The Balaban J connectivity index is 1.56. The highest BCUT2D eigenvalue weighted by Crippen LogP contribution is 2.44. The van der Waals surface area contributed by atoms with Gasteiger partial charge in [0.2, 0.25) is 5.54 Å². The number of rotatable bonds is 6. The van der Waals surface area contributed by atoms with E-state index in [1.807, 2.05) is 54.6 Å². The zero-order valence-electron chi connectivity index (χ0n) is 16.6. The lowest BCUT2D eigenvalue weighted by atomic mass is 9.91. The van der Waals surface area contributed by atoms with Crippen LogP contribution < -0.4 is 5.73 Å². The highest BCUT2D eigenvalue weighted by Gasteiger charge is 2.45. The lowest BCUT2D eigenvalue weighted by Gasteiger charge is -2.24. The first-order valence-electron chi connectivity index (χ1n) is 9.81. The Hall–Kier alpha value is -3.95. The first kappa shape index (κ1) is 20.3. The first-order chi connectivity index (χ1) is 14.9.